The van der Waals surface area contributed by atoms with Gasteiger partial charge < -0.3 is 33.6 Å². The third kappa shape index (κ3) is 11.0. The Morgan fingerprint density at radius 3 is 2.09 bits per heavy atom. The van der Waals surface area contributed by atoms with Crippen LogP contribution in [0.25, 0.3) is 21.5 Å². The molecule has 4 unspecified atom stereocenters. The zero-order valence-corrected chi connectivity index (χ0v) is 31.7. The summed E-state index contributed by atoms with van der Waals surface area (Å²) in [5.74, 6) is -3.28. The summed E-state index contributed by atoms with van der Waals surface area (Å²) >= 11 is 0. The highest BCUT2D eigenvalue weighted by Gasteiger charge is 2.49. The van der Waals surface area contributed by atoms with Crippen LogP contribution in [0.2, 0.25) is 0 Å². The Morgan fingerprint density at radius 2 is 1.51 bits per heavy atom. The van der Waals surface area contributed by atoms with E-state index in [-0.39, 0.29) is 64.8 Å². The lowest BCUT2D eigenvalue weighted by molar-refractivity contribution is -0.166. The molecular formula is C41H53NO11. The molecule has 1 heterocycles. The van der Waals surface area contributed by atoms with Crippen molar-refractivity contribution in [1.29, 1.82) is 0 Å². The predicted octanol–water partition coefficient (Wildman–Crippen LogP) is 6.16. The van der Waals surface area contributed by atoms with Crippen LogP contribution in [0.5, 0.6) is 0 Å². The summed E-state index contributed by atoms with van der Waals surface area (Å²) in [6.07, 6.45) is 1.95. The quantitative estimate of drug-likeness (QED) is 0.0254. The number of rotatable bonds is 21. The van der Waals surface area contributed by atoms with Gasteiger partial charge in [0.25, 0.3) is 0 Å². The zero-order chi connectivity index (χ0) is 38.6. The SMILES string of the molecule is CCC(C)(CC(C)(CC(CC(C)(C)C(=O)OCCON=Cc1c2ccccc2cc2ccccc12)C(=O)OCCCO)C(=O)OCC1CO1)C(=O)OC. The van der Waals surface area contributed by atoms with Crippen molar-refractivity contribution in [3.63, 3.8) is 0 Å². The van der Waals surface area contributed by atoms with E-state index in [0.717, 1.165) is 27.1 Å². The monoisotopic (exact) mass is 735 g/mol. The predicted molar refractivity (Wildman–Crippen MR) is 199 cm³/mol. The molecule has 53 heavy (non-hydrogen) atoms. The summed E-state index contributed by atoms with van der Waals surface area (Å²) in [7, 11) is 1.29. The Hall–Kier alpha value is -4.55. The number of aliphatic hydroxyl groups excluding tert-OH is 1. The number of carbonyl (C=O) groups is 4. The number of epoxide rings is 1. The first-order valence-electron chi connectivity index (χ1n) is 18.1. The molecular weight excluding hydrogens is 682 g/mol. The van der Waals surface area contributed by atoms with E-state index >= 15 is 0 Å². The third-order valence-electron chi connectivity index (χ3n) is 9.90. The van der Waals surface area contributed by atoms with Crippen LogP contribution in [-0.4, -0.2) is 88.1 Å². The maximum absolute atomic E-state index is 13.7. The molecule has 1 fully saturated rings. The Bertz CT molecular complexity index is 1710. The van der Waals surface area contributed by atoms with Crippen LogP contribution in [-0.2, 0) is 47.7 Å². The molecule has 1 aliphatic rings. The minimum Gasteiger partial charge on any atom is -0.469 e. The summed E-state index contributed by atoms with van der Waals surface area (Å²) in [5, 5.41) is 17.6. The highest BCUT2D eigenvalue weighted by Crippen LogP contribution is 2.45. The lowest BCUT2D eigenvalue weighted by Crippen LogP contribution is -2.43. The summed E-state index contributed by atoms with van der Waals surface area (Å²) in [6.45, 7) is 8.68. The van der Waals surface area contributed by atoms with Gasteiger partial charge in [-0.15, -0.1) is 0 Å². The molecule has 3 aromatic carbocycles. The van der Waals surface area contributed by atoms with E-state index in [9.17, 15) is 24.3 Å². The number of hydrogen-bond acceptors (Lipinski definition) is 12. The highest BCUT2D eigenvalue weighted by molar-refractivity contribution is 6.13. The van der Waals surface area contributed by atoms with E-state index in [2.05, 4.69) is 11.2 Å². The molecule has 3 aromatic rings. The molecule has 1 saturated heterocycles. The van der Waals surface area contributed by atoms with E-state index in [1.54, 1.807) is 33.9 Å². The fraction of sp³-hybridized carbons (Fsp3) is 0.537. The fourth-order valence-electron chi connectivity index (χ4n) is 6.72. The number of esters is 4. The van der Waals surface area contributed by atoms with Gasteiger partial charge in [-0.2, -0.15) is 0 Å². The number of ether oxygens (including phenoxy) is 5. The van der Waals surface area contributed by atoms with Crippen molar-refractivity contribution in [3.05, 3.63) is 60.2 Å². The third-order valence-corrected chi connectivity index (χ3v) is 9.90. The van der Waals surface area contributed by atoms with Crippen molar-refractivity contribution in [3.8, 4) is 0 Å². The number of oxime groups is 1. The maximum atomic E-state index is 13.7. The lowest BCUT2D eigenvalue weighted by Gasteiger charge is -2.38. The Morgan fingerprint density at radius 1 is 0.868 bits per heavy atom. The van der Waals surface area contributed by atoms with Gasteiger partial charge in [0.1, 0.15) is 19.3 Å². The van der Waals surface area contributed by atoms with Crippen molar-refractivity contribution in [1.82, 2.24) is 0 Å². The number of carbonyl (C=O) groups excluding carboxylic acids is 4. The second kappa shape index (κ2) is 18.5. The molecule has 4 atom stereocenters. The zero-order valence-electron chi connectivity index (χ0n) is 31.7. The van der Waals surface area contributed by atoms with Crippen molar-refractivity contribution in [2.24, 2.45) is 27.3 Å². The molecule has 0 amide bonds. The molecule has 0 radical (unpaired) electrons. The number of benzene rings is 3. The minimum atomic E-state index is -1.35. The first kappa shape index (κ1) is 41.2. The number of aliphatic hydroxyl groups is 1. The van der Waals surface area contributed by atoms with E-state index in [4.69, 9.17) is 28.5 Å². The standard InChI is InChI=1S/C41H53NO11/c1-7-40(4,37(46)48-6)27-41(5,38(47)52-26-31-25-51-31)23-30(35(44)49-18-12-17-43)22-39(2,3)36(45)50-19-20-53-42-24-34-32-15-10-8-13-28(32)21-29-14-9-11-16-33(29)34/h8-11,13-16,21,24,30-31,43H,7,12,17-20,22-23,25-27H2,1-6H3. The molecule has 0 aromatic heterocycles. The normalized spacial score (nSPS) is 17.1. The van der Waals surface area contributed by atoms with Gasteiger partial charge in [0.2, 0.25) is 0 Å². The van der Waals surface area contributed by atoms with Crippen LogP contribution < -0.4 is 0 Å². The van der Waals surface area contributed by atoms with Crippen molar-refractivity contribution < 1.29 is 52.8 Å². The summed E-state index contributed by atoms with van der Waals surface area (Å²) < 4.78 is 27.0. The van der Waals surface area contributed by atoms with Crippen LogP contribution in [0, 0.1) is 22.2 Å². The Labute approximate surface area is 311 Å². The summed E-state index contributed by atoms with van der Waals surface area (Å²) in [4.78, 5) is 59.2. The number of methoxy groups -OCH3 is 1. The van der Waals surface area contributed by atoms with Gasteiger partial charge >= 0.3 is 23.9 Å². The molecule has 0 saturated carbocycles. The highest BCUT2D eigenvalue weighted by atomic mass is 16.6. The molecule has 4 rings (SSSR count). The average Bonchev–Trinajstić information content (AvgIpc) is 3.98. The number of hydrogen-bond donors (Lipinski definition) is 1. The first-order chi connectivity index (χ1) is 25.3. The molecule has 0 aliphatic carbocycles. The molecule has 0 spiro atoms. The van der Waals surface area contributed by atoms with Gasteiger partial charge in [-0.05, 0) is 81.0 Å². The van der Waals surface area contributed by atoms with E-state index < -0.39 is 46.0 Å². The largest absolute Gasteiger partial charge is 0.469 e. The molecule has 1 aliphatic heterocycles. The van der Waals surface area contributed by atoms with Gasteiger partial charge in [-0.1, -0.05) is 60.6 Å². The topological polar surface area (TPSA) is 160 Å². The summed E-state index contributed by atoms with van der Waals surface area (Å²) in [6, 6.07) is 18.2. The first-order valence-corrected chi connectivity index (χ1v) is 18.1. The van der Waals surface area contributed by atoms with Gasteiger partial charge in [0.15, 0.2) is 6.61 Å². The minimum absolute atomic E-state index is 0.00853. The van der Waals surface area contributed by atoms with Crippen molar-refractivity contribution in [2.75, 3.05) is 46.8 Å². The number of fused-ring (bicyclic) bond motifs is 2. The summed E-state index contributed by atoms with van der Waals surface area (Å²) in [5.41, 5.74) is -2.71. The van der Waals surface area contributed by atoms with Crippen LogP contribution in [0.1, 0.15) is 72.3 Å². The van der Waals surface area contributed by atoms with Gasteiger partial charge in [-0.3, -0.25) is 19.2 Å². The Balaban J connectivity index is 1.45. The van der Waals surface area contributed by atoms with E-state index in [0.29, 0.717) is 13.0 Å². The molecule has 1 N–H and O–H groups in total. The van der Waals surface area contributed by atoms with Gasteiger partial charge in [-0.25, -0.2) is 0 Å². The fourth-order valence-corrected chi connectivity index (χ4v) is 6.72. The van der Waals surface area contributed by atoms with Crippen LogP contribution in [0.15, 0.2) is 59.8 Å². The maximum Gasteiger partial charge on any atom is 0.311 e. The molecule has 288 valence electrons. The van der Waals surface area contributed by atoms with Gasteiger partial charge in [0, 0.05) is 18.6 Å². The average molecular weight is 736 g/mol. The van der Waals surface area contributed by atoms with Gasteiger partial charge in [0.05, 0.1) is 48.7 Å². The molecule has 12 heteroatoms. The second-order valence-corrected chi connectivity index (χ2v) is 14.9. The Kier molecular flexibility index (Phi) is 14.4. The smallest absolute Gasteiger partial charge is 0.311 e. The lowest BCUT2D eigenvalue weighted by atomic mass is 9.66. The van der Waals surface area contributed by atoms with Crippen molar-refractivity contribution in [2.45, 2.75) is 72.8 Å². The second-order valence-electron chi connectivity index (χ2n) is 14.9. The van der Waals surface area contributed by atoms with Crippen LogP contribution >= 0.6 is 0 Å². The van der Waals surface area contributed by atoms with Crippen molar-refractivity contribution >= 4 is 51.6 Å². The van der Waals surface area contributed by atoms with Crippen LogP contribution in [0.4, 0.5) is 0 Å². The van der Waals surface area contributed by atoms with E-state index in [1.807, 2.05) is 55.5 Å². The molecule has 0 bridgehead atoms. The molecule has 12 nitrogen and oxygen atoms in total. The number of nitrogens with zero attached hydrogens (tertiary/aromatic N) is 1. The van der Waals surface area contributed by atoms with Crippen LogP contribution in [0.3, 0.4) is 0 Å². The van der Waals surface area contributed by atoms with E-state index in [1.165, 1.54) is 7.11 Å².